The van der Waals surface area contributed by atoms with Crippen LogP contribution in [0.4, 0.5) is 5.82 Å². The van der Waals surface area contributed by atoms with E-state index in [2.05, 4.69) is 31.2 Å². The van der Waals surface area contributed by atoms with Gasteiger partial charge in [-0.25, -0.2) is 10.8 Å². The van der Waals surface area contributed by atoms with E-state index in [-0.39, 0.29) is 5.41 Å². The monoisotopic (exact) mass is 283 g/mol. The molecule has 0 saturated heterocycles. The minimum Gasteiger partial charge on any atom is -0.308 e. The molecule has 0 saturated carbocycles. The molecule has 2 rings (SSSR count). The molecular formula is C13H15Cl2N3. The van der Waals surface area contributed by atoms with Crippen LogP contribution >= 0.6 is 23.2 Å². The fourth-order valence-electron chi connectivity index (χ4n) is 1.86. The lowest BCUT2D eigenvalue weighted by Crippen LogP contribution is -2.19. The van der Waals surface area contributed by atoms with Crippen molar-refractivity contribution >= 4 is 39.9 Å². The summed E-state index contributed by atoms with van der Waals surface area (Å²) >= 11 is 12.1. The predicted molar refractivity (Wildman–Crippen MR) is 78.3 cm³/mol. The largest absolute Gasteiger partial charge is 0.308 e. The Bertz CT molecular complexity index is 603. The third kappa shape index (κ3) is 2.26. The zero-order valence-corrected chi connectivity index (χ0v) is 12.0. The third-order valence-corrected chi connectivity index (χ3v) is 3.62. The average Bonchev–Trinajstić information content (AvgIpc) is 2.31. The lowest BCUT2D eigenvalue weighted by Gasteiger charge is -2.22. The van der Waals surface area contributed by atoms with Gasteiger partial charge in [0.15, 0.2) is 0 Å². The highest BCUT2D eigenvalue weighted by molar-refractivity contribution is 6.45. The average molecular weight is 284 g/mol. The van der Waals surface area contributed by atoms with Crippen molar-refractivity contribution in [2.75, 3.05) is 5.43 Å². The van der Waals surface area contributed by atoms with E-state index >= 15 is 0 Å². The first-order valence-electron chi connectivity index (χ1n) is 5.60. The fraction of sp³-hybridized carbons (Fsp3) is 0.308. The van der Waals surface area contributed by atoms with Crippen molar-refractivity contribution in [2.24, 2.45) is 5.84 Å². The van der Waals surface area contributed by atoms with Crippen LogP contribution in [0.3, 0.4) is 0 Å². The summed E-state index contributed by atoms with van der Waals surface area (Å²) in [7, 11) is 0. The van der Waals surface area contributed by atoms with Gasteiger partial charge >= 0.3 is 0 Å². The van der Waals surface area contributed by atoms with Crippen LogP contribution in [0.15, 0.2) is 18.2 Å². The number of pyridine rings is 1. The van der Waals surface area contributed by atoms with E-state index in [0.717, 1.165) is 10.9 Å². The molecule has 3 nitrogen and oxygen atoms in total. The second-order valence-electron chi connectivity index (χ2n) is 5.21. The topological polar surface area (TPSA) is 50.9 Å². The van der Waals surface area contributed by atoms with Crippen molar-refractivity contribution in [3.8, 4) is 0 Å². The summed E-state index contributed by atoms with van der Waals surface area (Å²) in [6.07, 6.45) is 0. The van der Waals surface area contributed by atoms with Crippen molar-refractivity contribution < 1.29 is 0 Å². The van der Waals surface area contributed by atoms with Crippen LogP contribution < -0.4 is 11.3 Å². The number of benzene rings is 1. The maximum atomic E-state index is 6.16. The van der Waals surface area contributed by atoms with E-state index in [1.807, 2.05) is 12.1 Å². The molecule has 1 aromatic carbocycles. The number of hydrazine groups is 1. The van der Waals surface area contributed by atoms with E-state index in [9.17, 15) is 0 Å². The van der Waals surface area contributed by atoms with Crippen molar-refractivity contribution in [1.82, 2.24) is 4.98 Å². The number of hydrogen-bond acceptors (Lipinski definition) is 3. The SMILES string of the molecule is CC(C)(C)c1cc2ccc(Cl)c(Cl)c2nc1NN. The number of fused-ring (bicyclic) bond motifs is 1. The van der Waals surface area contributed by atoms with E-state index in [1.165, 1.54) is 0 Å². The Morgan fingerprint density at radius 3 is 2.44 bits per heavy atom. The van der Waals surface area contributed by atoms with Crippen molar-refractivity contribution in [3.05, 3.63) is 33.8 Å². The number of nitrogens with zero attached hydrogens (tertiary/aromatic N) is 1. The number of anilines is 1. The molecule has 0 bridgehead atoms. The van der Waals surface area contributed by atoms with Crippen LogP contribution in [0, 0.1) is 0 Å². The second-order valence-corrected chi connectivity index (χ2v) is 6.00. The zero-order chi connectivity index (χ0) is 13.5. The van der Waals surface area contributed by atoms with Gasteiger partial charge in [0.05, 0.1) is 15.6 Å². The van der Waals surface area contributed by atoms with Gasteiger partial charge < -0.3 is 5.43 Å². The molecule has 3 N–H and O–H groups in total. The lowest BCUT2D eigenvalue weighted by atomic mass is 9.86. The number of hydrogen-bond donors (Lipinski definition) is 2. The zero-order valence-electron chi connectivity index (χ0n) is 10.5. The Balaban J connectivity index is 2.81. The maximum absolute atomic E-state index is 6.16. The maximum Gasteiger partial charge on any atom is 0.144 e. The van der Waals surface area contributed by atoms with Crippen LogP contribution in [0.5, 0.6) is 0 Å². The fourth-order valence-corrected chi connectivity index (χ4v) is 2.23. The predicted octanol–water partition coefficient (Wildman–Crippen LogP) is 4.12. The van der Waals surface area contributed by atoms with Gasteiger partial charge in [-0.05, 0) is 17.5 Å². The van der Waals surface area contributed by atoms with E-state index < -0.39 is 0 Å². The molecule has 0 atom stereocenters. The number of nitrogens with one attached hydrogen (secondary N) is 1. The van der Waals surface area contributed by atoms with Crippen LogP contribution in [-0.4, -0.2) is 4.98 Å². The second kappa shape index (κ2) is 4.57. The number of nitrogens with two attached hydrogens (primary N) is 1. The molecule has 0 amide bonds. The first kappa shape index (κ1) is 13.4. The Kier molecular flexibility index (Phi) is 3.41. The Morgan fingerprint density at radius 1 is 1.22 bits per heavy atom. The molecule has 0 unspecified atom stereocenters. The Labute approximate surface area is 116 Å². The molecule has 0 aliphatic carbocycles. The molecule has 0 aliphatic heterocycles. The summed E-state index contributed by atoms with van der Waals surface area (Å²) in [6.45, 7) is 6.32. The molecule has 0 aliphatic rings. The standard InChI is InChI=1S/C13H15Cl2N3/c1-13(2,3)8-6-7-4-5-9(14)10(15)11(7)17-12(8)18-16/h4-6H,16H2,1-3H3,(H,17,18). The number of rotatable bonds is 1. The molecule has 96 valence electrons. The highest BCUT2D eigenvalue weighted by atomic mass is 35.5. The van der Waals surface area contributed by atoms with Gasteiger partial charge in [0, 0.05) is 10.9 Å². The van der Waals surface area contributed by atoms with E-state index in [0.29, 0.717) is 21.4 Å². The van der Waals surface area contributed by atoms with Gasteiger partial charge in [-0.3, -0.25) is 0 Å². The lowest BCUT2D eigenvalue weighted by molar-refractivity contribution is 0.590. The third-order valence-electron chi connectivity index (χ3n) is 2.82. The number of nitrogen functional groups attached to an aromatic ring is 1. The van der Waals surface area contributed by atoms with Gasteiger partial charge in [-0.1, -0.05) is 50.0 Å². The summed E-state index contributed by atoms with van der Waals surface area (Å²) in [4.78, 5) is 4.47. The van der Waals surface area contributed by atoms with Crippen LogP contribution in [-0.2, 0) is 5.41 Å². The normalized spacial score (nSPS) is 11.9. The quantitative estimate of drug-likeness (QED) is 0.611. The van der Waals surface area contributed by atoms with Crippen molar-refractivity contribution in [2.45, 2.75) is 26.2 Å². The summed E-state index contributed by atoms with van der Waals surface area (Å²) in [6, 6.07) is 5.72. The van der Waals surface area contributed by atoms with Crippen molar-refractivity contribution in [3.63, 3.8) is 0 Å². The molecule has 18 heavy (non-hydrogen) atoms. The molecular weight excluding hydrogens is 269 g/mol. The molecule has 0 spiro atoms. The summed E-state index contributed by atoms with van der Waals surface area (Å²) in [5.41, 5.74) is 4.26. The smallest absolute Gasteiger partial charge is 0.144 e. The van der Waals surface area contributed by atoms with Crippen LogP contribution in [0.2, 0.25) is 10.0 Å². The Morgan fingerprint density at radius 2 is 1.89 bits per heavy atom. The van der Waals surface area contributed by atoms with Crippen LogP contribution in [0.1, 0.15) is 26.3 Å². The highest BCUT2D eigenvalue weighted by Crippen LogP contribution is 2.35. The highest BCUT2D eigenvalue weighted by Gasteiger charge is 2.20. The first-order chi connectivity index (χ1) is 8.34. The minimum absolute atomic E-state index is 0.0605. The van der Waals surface area contributed by atoms with Gasteiger partial charge in [0.2, 0.25) is 0 Å². The van der Waals surface area contributed by atoms with Gasteiger partial charge in [-0.2, -0.15) is 0 Å². The molecule has 0 fully saturated rings. The van der Waals surface area contributed by atoms with Crippen molar-refractivity contribution in [1.29, 1.82) is 0 Å². The van der Waals surface area contributed by atoms with Gasteiger partial charge in [0.1, 0.15) is 5.82 Å². The molecule has 0 radical (unpaired) electrons. The number of aromatic nitrogens is 1. The van der Waals surface area contributed by atoms with Gasteiger partial charge in [-0.15, -0.1) is 0 Å². The molecule has 1 heterocycles. The minimum atomic E-state index is -0.0605. The van der Waals surface area contributed by atoms with E-state index in [1.54, 1.807) is 6.07 Å². The molecule has 1 aromatic heterocycles. The van der Waals surface area contributed by atoms with E-state index in [4.69, 9.17) is 29.0 Å². The Hall–Kier alpha value is -1.03. The van der Waals surface area contributed by atoms with Gasteiger partial charge in [0.25, 0.3) is 0 Å². The molecule has 2 aromatic rings. The molecule has 5 heteroatoms. The summed E-state index contributed by atoms with van der Waals surface area (Å²) in [5.74, 6) is 6.16. The first-order valence-corrected chi connectivity index (χ1v) is 6.36. The summed E-state index contributed by atoms with van der Waals surface area (Å²) < 4.78 is 0. The number of halogens is 2. The summed E-state index contributed by atoms with van der Waals surface area (Å²) in [5, 5.41) is 1.89. The van der Waals surface area contributed by atoms with Crippen LogP contribution in [0.25, 0.3) is 10.9 Å².